The van der Waals surface area contributed by atoms with Crippen LogP contribution in [0.1, 0.15) is 26.2 Å². The maximum absolute atomic E-state index is 11.8. The quantitative estimate of drug-likeness (QED) is 0.597. The summed E-state index contributed by atoms with van der Waals surface area (Å²) in [6, 6.07) is -0.0428. The first-order chi connectivity index (χ1) is 7.65. The van der Waals surface area contributed by atoms with Crippen LogP contribution < -0.4 is 16.0 Å². The average Bonchev–Trinajstić information content (AvgIpc) is 3.02. The molecule has 1 heterocycles. The maximum atomic E-state index is 11.8. The molecule has 0 aromatic carbocycles. The monoisotopic (exact) mass is 225 g/mol. The summed E-state index contributed by atoms with van der Waals surface area (Å²) >= 11 is 0. The molecule has 0 aromatic rings. The fourth-order valence-corrected chi connectivity index (χ4v) is 2.01. The third kappa shape index (κ3) is 3.20. The molecule has 0 spiro atoms. The van der Waals surface area contributed by atoms with Crippen molar-refractivity contribution in [3.63, 3.8) is 0 Å². The number of hydrogen-bond donors (Lipinski definition) is 3. The van der Waals surface area contributed by atoms with Crippen molar-refractivity contribution in [2.75, 3.05) is 13.1 Å². The van der Waals surface area contributed by atoms with Crippen LogP contribution in [0, 0.1) is 5.92 Å². The molecule has 0 bridgehead atoms. The molecule has 3 N–H and O–H groups in total. The molecule has 1 saturated carbocycles. The third-order valence-corrected chi connectivity index (χ3v) is 3.10. The predicted molar refractivity (Wildman–Crippen MR) is 59.7 cm³/mol. The Hall–Kier alpha value is -1.10. The summed E-state index contributed by atoms with van der Waals surface area (Å²) in [4.78, 5) is 22.7. The highest BCUT2D eigenvalue weighted by Gasteiger charge is 2.27. The van der Waals surface area contributed by atoms with Gasteiger partial charge in [-0.25, -0.2) is 0 Å². The molecular formula is C11H19N3O2. The minimum absolute atomic E-state index is 0.00634. The van der Waals surface area contributed by atoms with Crippen molar-refractivity contribution in [3.05, 3.63) is 0 Å². The van der Waals surface area contributed by atoms with Gasteiger partial charge in [-0.1, -0.05) is 12.8 Å². The number of nitrogens with one attached hydrogen (secondary N) is 3. The number of hydrogen-bond acceptors (Lipinski definition) is 3. The molecule has 5 heteroatoms. The van der Waals surface area contributed by atoms with Crippen LogP contribution in [0.4, 0.5) is 0 Å². The van der Waals surface area contributed by atoms with Gasteiger partial charge < -0.3 is 10.6 Å². The Morgan fingerprint density at radius 3 is 2.88 bits per heavy atom. The normalized spacial score (nSPS) is 27.1. The van der Waals surface area contributed by atoms with E-state index >= 15 is 0 Å². The highest BCUT2D eigenvalue weighted by Crippen LogP contribution is 2.33. The number of amides is 2. The van der Waals surface area contributed by atoms with Gasteiger partial charge in [0.1, 0.15) is 6.04 Å². The summed E-state index contributed by atoms with van der Waals surface area (Å²) in [5, 5.41) is 8.58. The minimum atomic E-state index is -0.278. The fourth-order valence-electron chi connectivity index (χ4n) is 2.01. The van der Waals surface area contributed by atoms with Crippen LogP contribution in [0.2, 0.25) is 0 Å². The summed E-state index contributed by atoms with van der Waals surface area (Å²) in [6.45, 7) is 2.66. The molecule has 0 radical (unpaired) electrons. The molecule has 90 valence electrons. The summed E-state index contributed by atoms with van der Waals surface area (Å²) in [6.07, 6.45) is 3.68. The zero-order chi connectivity index (χ0) is 11.5. The van der Waals surface area contributed by atoms with E-state index in [4.69, 9.17) is 0 Å². The molecule has 16 heavy (non-hydrogen) atoms. The van der Waals surface area contributed by atoms with E-state index in [0.29, 0.717) is 6.54 Å². The standard InChI is InChI=1S/C11H19N3O2/c1-7(4-8-2-3-8)14-11(16)9-5-13-10(15)6-12-9/h7-9,12H,2-6H2,1H3,(H,13,15)(H,14,16). The summed E-state index contributed by atoms with van der Waals surface area (Å²) in [5.74, 6) is 0.762. The lowest BCUT2D eigenvalue weighted by atomic mass is 10.1. The van der Waals surface area contributed by atoms with Gasteiger partial charge >= 0.3 is 0 Å². The van der Waals surface area contributed by atoms with Gasteiger partial charge in [0.25, 0.3) is 0 Å². The average molecular weight is 225 g/mol. The second-order valence-corrected chi connectivity index (χ2v) is 4.83. The molecule has 2 aliphatic rings. The lowest BCUT2D eigenvalue weighted by Crippen LogP contribution is -2.58. The fraction of sp³-hybridized carbons (Fsp3) is 0.818. The first-order valence-corrected chi connectivity index (χ1v) is 5.95. The van der Waals surface area contributed by atoms with Crippen LogP contribution in [-0.2, 0) is 9.59 Å². The minimum Gasteiger partial charge on any atom is -0.353 e. The summed E-state index contributed by atoms with van der Waals surface area (Å²) < 4.78 is 0. The number of carbonyl (C=O) groups excluding carboxylic acids is 2. The second kappa shape index (κ2) is 4.82. The molecule has 1 aliphatic heterocycles. The van der Waals surface area contributed by atoms with E-state index in [0.717, 1.165) is 12.3 Å². The Balaban J connectivity index is 1.71. The van der Waals surface area contributed by atoms with Gasteiger partial charge in [-0.05, 0) is 19.3 Å². The highest BCUT2D eigenvalue weighted by molar-refractivity contribution is 5.86. The van der Waals surface area contributed by atoms with Gasteiger partial charge in [0.15, 0.2) is 0 Å². The smallest absolute Gasteiger partial charge is 0.239 e. The van der Waals surface area contributed by atoms with E-state index in [1.54, 1.807) is 0 Å². The summed E-state index contributed by atoms with van der Waals surface area (Å²) in [5.41, 5.74) is 0. The van der Waals surface area contributed by atoms with Crippen molar-refractivity contribution in [2.24, 2.45) is 5.92 Å². The molecular weight excluding hydrogens is 206 g/mol. The molecule has 5 nitrogen and oxygen atoms in total. The van der Waals surface area contributed by atoms with Crippen molar-refractivity contribution in [1.29, 1.82) is 0 Å². The number of rotatable bonds is 4. The molecule has 1 saturated heterocycles. The van der Waals surface area contributed by atoms with E-state index in [1.165, 1.54) is 12.8 Å². The van der Waals surface area contributed by atoms with Crippen molar-refractivity contribution < 1.29 is 9.59 Å². The molecule has 2 atom stereocenters. The largest absolute Gasteiger partial charge is 0.353 e. The number of piperazine rings is 1. The van der Waals surface area contributed by atoms with Gasteiger partial charge in [-0.2, -0.15) is 0 Å². The highest BCUT2D eigenvalue weighted by atomic mass is 16.2. The van der Waals surface area contributed by atoms with Crippen LogP contribution in [0.3, 0.4) is 0 Å². The molecule has 2 rings (SSSR count). The van der Waals surface area contributed by atoms with E-state index < -0.39 is 0 Å². The zero-order valence-electron chi connectivity index (χ0n) is 9.58. The van der Waals surface area contributed by atoms with Crippen molar-refractivity contribution in [1.82, 2.24) is 16.0 Å². The van der Waals surface area contributed by atoms with Crippen LogP contribution in [0.25, 0.3) is 0 Å². The first-order valence-electron chi connectivity index (χ1n) is 5.95. The van der Waals surface area contributed by atoms with Crippen LogP contribution in [0.15, 0.2) is 0 Å². The van der Waals surface area contributed by atoms with E-state index in [9.17, 15) is 9.59 Å². The molecule has 2 amide bonds. The van der Waals surface area contributed by atoms with Crippen molar-refractivity contribution >= 4 is 11.8 Å². The Morgan fingerprint density at radius 1 is 1.56 bits per heavy atom. The molecule has 1 aliphatic carbocycles. The van der Waals surface area contributed by atoms with Gasteiger partial charge in [0, 0.05) is 12.6 Å². The zero-order valence-corrected chi connectivity index (χ0v) is 9.58. The lowest BCUT2D eigenvalue weighted by molar-refractivity contribution is -0.127. The van der Waals surface area contributed by atoms with Crippen LogP contribution >= 0.6 is 0 Å². The number of carbonyl (C=O) groups is 2. The predicted octanol–water partition coefficient (Wildman–Crippen LogP) is -0.621. The van der Waals surface area contributed by atoms with Gasteiger partial charge in [0.2, 0.25) is 11.8 Å². The van der Waals surface area contributed by atoms with Crippen molar-refractivity contribution in [2.45, 2.75) is 38.3 Å². The molecule has 0 aromatic heterocycles. The van der Waals surface area contributed by atoms with Gasteiger partial charge in [-0.15, -0.1) is 0 Å². The third-order valence-electron chi connectivity index (χ3n) is 3.10. The van der Waals surface area contributed by atoms with Gasteiger partial charge in [-0.3, -0.25) is 14.9 Å². The lowest BCUT2D eigenvalue weighted by Gasteiger charge is -2.25. The van der Waals surface area contributed by atoms with Crippen molar-refractivity contribution in [3.8, 4) is 0 Å². The van der Waals surface area contributed by atoms with Gasteiger partial charge in [0.05, 0.1) is 6.54 Å². The molecule has 2 fully saturated rings. The Labute approximate surface area is 95.3 Å². The van der Waals surface area contributed by atoms with Crippen LogP contribution in [0.5, 0.6) is 0 Å². The topological polar surface area (TPSA) is 70.2 Å². The summed E-state index contributed by atoms with van der Waals surface area (Å²) in [7, 11) is 0. The Kier molecular flexibility index (Phi) is 3.43. The maximum Gasteiger partial charge on any atom is 0.239 e. The van der Waals surface area contributed by atoms with Crippen LogP contribution in [-0.4, -0.2) is 37.0 Å². The molecule has 2 unspecified atom stereocenters. The van der Waals surface area contributed by atoms with E-state index in [-0.39, 0.29) is 30.4 Å². The SMILES string of the molecule is CC(CC1CC1)NC(=O)C1CNC(=O)CN1. The Bertz CT molecular complexity index is 279. The Morgan fingerprint density at radius 2 is 2.31 bits per heavy atom. The van der Waals surface area contributed by atoms with E-state index in [2.05, 4.69) is 16.0 Å². The van der Waals surface area contributed by atoms with E-state index in [1.807, 2.05) is 6.92 Å². The first kappa shape index (κ1) is 11.4. The second-order valence-electron chi connectivity index (χ2n) is 4.83.